The Morgan fingerprint density at radius 2 is 1.78 bits per heavy atom. The highest BCUT2D eigenvalue weighted by Gasteiger charge is 2.21. The first kappa shape index (κ1) is 13.9. The SMILES string of the molecule is ClCCCOC1CCC(Cc2ccccc2)CC1. The maximum Gasteiger partial charge on any atom is 0.0575 e. The van der Waals surface area contributed by atoms with Crippen molar-refractivity contribution in [2.45, 2.75) is 44.6 Å². The third-order valence-electron chi connectivity index (χ3n) is 3.79. The zero-order valence-corrected chi connectivity index (χ0v) is 11.7. The molecule has 0 saturated heterocycles. The third-order valence-corrected chi connectivity index (χ3v) is 4.06. The van der Waals surface area contributed by atoms with Gasteiger partial charge in [0.05, 0.1) is 6.10 Å². The Kier molecular flexibility index (Phi) is 6.02. The van der Waals surface area contributed by atoms with Crippen LogP contribution in [0.5, 0.6) is 0 Å². The molecule has 0 heterocycles. The second-order valence-corrected chi connectivity index (χ2v) is 5.62. The number of halogens is 1. The van der Waals surface area contributed by atoms with Crippen molar-refractivity contribution in [3.63, 3.8) is 0 Å². The van der Waals surface area contributed by atoms with Crippen LogP contribution in [0.25, 0.3) is 0 Å². The summed E-state index contributed by atoms with van der Waals surface area (Å²) < 4.78 is 5.84. The summed E-state index contributed by atoms with van der Waals surface area (Å²) in [6, 6.07) is 10.8. The largest absolute Gasteiger partial charge is 0.378 e. The molecule has 0 atom stereocenters. The maximum absolute atomic E-state index is 5.84. The number of benzene rings is 1. The van der Waals surface area contributed by atoms with Crippen LogP contribution in [0.3, 0.4) is 0 Å². The van der Waals surface area contributed by atoms with E-state index in [4.69, 9.17) is 16.3 Å². The van der Waals surface area contributed by atoms with Gasteiger partial charge in [-0.15, -0.1) is 11.6 Å². The van der Waals surface area contributed by atoms with E-state index in [1.165, 1.54) is 37.7 Å². The lowest BCUT2D eigenvalue weighted by molar-refractivity contribution is 0.0188. The highest BCUT2D eigenvalue weighted by molar-refractivity contribution is 6.17. The monoisotopic (exact) mass is 266 g/mol. The summed E-state index contributed by atoms with van der Waals surface area (Å²) in [7, 11) is 0. The summed E-state index contributed by atoms with van der Waals surface area (Å²) in [5.41, 5.74) is 1.48. The highest BCUT2D eigenvalue weighted by Crippen LogP contribution is 2.28. The molecule has 0 amide bonds. The van der Waals surface area contributed by atoms with Gasteiger partial charge in [0.1, 0.15) is 0 Å². The molecule has 0 N–H and O–H groups in total. The van der Waals surface area contributed by atoms with E-state index in [0.717, 1.165) is 18.9 Å². The van der Waals surface area contributed by atoms with Gasteiger partial charge in [-0.25, -0.2) is 0 Å². The minimum atomic E-state index is 0.486. The summed E-state index contributed by atoms with van der Waals surface area (Å²) in [5, 5.41) is 0. The fraction of sp³-hybridized carbons (Fsp3) is 0.625. The molecule has 1 aliphatic carbocycles. The molecule has 2 heteroatoms. The van der Waals surface area contributed by atoms with E-state index in [1.807, 2.05) is 0 Å². The van der Waals surface area contributed by atoms with Crippen LogP contribution < -0.4 is 0 Å². The van der Waals surface area contributed by atoms with Gasteiger partial charge in [-0.1, -0.05) is 30.3 Å². The van der Waals surface area contributed by atoms with Gasteiger partial charge >= 0.3 is 0 Å². The number of hydrogen-bond donors (Lipinski definition) is 0. The second-order valence-electron chi connectivity index (χ2n) is 5.25. The van der Waals surface area contributed by atoms with Gasteiger partial charge in [-0.2, -0.15) is 0 Å². The summed E-state index contributed by atoms with van der Waals surface area (Å²) in [4.78, 5) is 0. The summed E-state index contributed by atoms with van der Waals surface area (Å²) in [6.45, 7) is 0.831. The first-order valence-electron chi connectivity index (χ1n) is 7.10. The van der Waals surface area contributed by atoms with Crippen LogP contribution in [0.4, 0.5) is 0 Å². The van der Waals surface area contributed by atoms with Gasteiger partial charge in [0.25, 0.3) is 0 Å². The Balaban J connectivity index is 1.67. The molecule has 100 valence electrons. The Morgan fingerprint density at radius 3 is 2.44 bits per heavy atom. The number of rotatable bonds is 6. The number of alkyl halides is 1. The fourth-order valence-corrected chi connectivity index (χ4v) is 2.86. The van der Waals surface area contributed by atoms with E-state index >= 15 is 0 Å². The van der Waals surface area contributed by atoms with E-state index in [1.54, 1.807) is 0 Å². The molecule has 1 saturated carbocycles. The lowest BCUT2D eigenvalue weighted by Crippen LogP contribution is -2.23. The van der Waals surface area contributed by atoms with Crippen molar-refractivity contribution < 1.29 is 4.74 Å². The fourth-order valence-electron chi connectivity index (χ4n) is 2.75. The Morgan fingerprint density at radius 1 is 1.06 bits per heavy atom. The van der Waals surface area contributed by atoms with E-state index in [2.05, 4.69) is 30.3 Å². The Bertz CT molecular complexity index is 317. The molecule has 1 aromatic rings. The van der Waals surface area contributed by atoms with Gasteiger partial charge in [-0.05, 0) is 50.0 Å². The zero-order valence-electron chi connectivity index (χ0n) is 11.0. The smallest absolute Gasteiger partial charge is 0.0575 e. The maximum atomic E-state index is 5.84. The Hall–Kier alpha value is -0.530. The molecule has 0 radical (unpaired) electrons. The molecule has 1 aromatic carbocycles. The topological polar surface area (TPSA) is 9.23 Å². The predicted octanol–water partition coefficient (Wildman–Crippen LogP) is 4.43. The predicted molar refractivity (Wildman–Crippen MR) is 77.2 cm³/mol. The van der Waals surface area contributed by atoms with Crippen molar-refractivity contribution in [2.24, 2.45) is 5.92 Å². The average molecular weight is 267 g/mol. The van der Waals surface area contributed by atoms with Crippen molar-refractivity contribution in [3.05, 3.63) is 35.9 Å². The van der Waals surface area contributed by atoms with Gasteiger partial charge < -0.3 is 4.74 Å². The van der Waals surface area contributed by atoms with Crippen molar-refractivity contribution in [2.75, 3.05) is 12.5 Å². The second kappa shape index (κ2) is 7.81. The molecule has 2 rings (SSSR count). The van der Waals surface area contributed by atoms with Crippen molar-refractivity contribution in [1.29, 1.82) is 0 Å². The van der Waals surface area contributed by atoms with Crippen LogP contribution in [0.2, 0.25) is 0 Å². The first-order valence-corrected chi connectivity index (χ1v) is 7.63. The quantitative estimate of drug-likeness (QED) is 0.547. The van der Waals surface area contributed by atoms with Crippen LogP contribution in [-0.4, -0.2) is 18.6 Å². The van der Waals surface area contributed by atoms with E-state index < -0.39 is 0 Å². The zero-order chi connectivity index (χ0) is 12.6. The molecule has 1 nitrogen and oxygen atoms in total. The molecule has 0 unspecified atom stereocenters. The van der Waals surface area contributed by atoms with Crippen molar-refractivity contribution in [3.8, 4) is 0 Å². The summed E-state index contributed by atoms with van der Waals surface area (Å²) in [6.07, 6.45) is 7.75. The Labute approximate surface area is 115 Å². The van der Waals surface area contributed by atoms with Crippen LogP contribution in [-0.2, 0) is 11.2 Å². The third kappa shape index (κ3) is 4.62. The first-order chi connectivity index (χ1) is 8.88. The van der Waals surface area contributed by atoms with Crippen LogP contribution in [0.1, 0.15) is 37.7 Å². The van der Waals surface area contributed by atoms with Gasteiger partial charge in [-0.3, -0.25) is 0 Å². The molecule has 0 bridgehead atoms. The molecule has 0 aromatic heterocycles. The lowest BCUT2D eigenvalue weighted by Gasteiger charge is -2.28. The summed E-state index contributed by atoms with van der Waals surface area (Å²) in [5.74, 6) is 1.56. The van der Waals surface area contributed by atoms with Crippen LogP contribution in [0, 0.1) is 5.92 Å². The standard InChI is InChI=1S/C16H23ClO/c17-11-4-12-18-16-9-7-15(8-10-16)13-14-5-2-1-3-6-14/h1-3,5-6,15-16H,4,7-13H2. The highest BCUT2D eigenvalue weighted by atomic mass is 35.5. The average Bonchev–Trinajstić information content (AvgIpc) is 2.42. The molecular formula is C16H23ClO. The van der Waals surface area contributed by atoms with Gasteiger partial charge in [0, 0.05) is 12.5 Å². The normalized spacial score (nSPS) is 24.1. The molecule has 1 aliphatic rings. The van der Waals surface area contributed by atoms with Gasteiger partial charge in [0.2, 0.25) is 0 Å². The molecule has 0 spiro atoms. The molecule has 18 heavy (non-hydrogen) atoms. The van der Waals surface area contributed by atoms with E-state index in [0.29, 0.717) is 12.0 Å². The minimum absolute atomic E-state index is 0.486. The van der Waals surface area contributed by atoms with Crippen molar-refractivity contribution >= 4 is 11.6 Å². The van der Waals surface area contributed by atoms with Crippen LogP contribution in [0.15, 0.2) is 30.3 Å². The van der Waals surface area contributed by atoms with Crippen LogP contribution >= 0.6 is 11.6 Å². The molecular weight excluding hydrogens is 244 g/mol. The minimum Gasteiger partial charge on any atom is -0.378 e. The summed E-state index contributed by atoms with van der Waals surface area (Å²) >= 11 is 5.65. The van der Waals surface area contributed by atoms with Crippen molar-refractivity contribution in [1.82, 2.24) is 0 Å². The number of ether oxygens (including phenoxy) is 1. The van der Waals surface area contributed by atoms with E-state index in [-0.39, 0.29) is 0 Å². The molecule has 0 aliphatic heterocycles. The van der Waals surface area contributed by atoms with Gasteiger partial charge in [0.15, 0.2) is 0 Å². The number of hydrogen-bond acceptors (Lipinski definition) is 1. The molecule has 1 fully saturated rings. The lowest BCUT2D eigenvalue weighted by atomic mass is 9.83. The van der Waals surface area contributed by atoms with E-state index in [9.17, 15) is 0 Å².